The molecule has 0 amide bonds. The first-order valence-electron chi connectivity index (χ1n) is 24.5. The maximum atomic E-state index is 5.39. The van der Waals surface area contributed by atoms with Gasteiger partial charge in [-0.25, -0.2) is 0 Å². The average molecular weight is 924 g/mol. The zero-order chi connectivity index (χ0) is 46.4. The van der Waals surface area contributed by atoms with Crippen molar-refractivity contribution in [3.63, 3.8) is 0 Å². The highest BCUT2D eigenvalue weighted by Crippen LogP contribution is 2.62. The molecular formula is C65H41N5S. The number of rotatable bonds is 4. The number of benzene rings is 8. The Bertz CT molecular complexity index is 4220. The molecule has 3 unspecified atom stereocenters. The fourth-order valence-electron chi connectivity index (χ4n) is 12.9. The van der Waals surface area contributed by atoms with Crippen molar-refractivity contribution in [3.05, 3.63) is 265 Å². The zero-order valence-corrected chi connectivity index (χ0v) is 39.1. The Labute approximate surface area is 414 Å². The number of hydrogen-bond acceptors (Lipinski definition) is 4. The molecule has 3 atom stereocenters. The smallest absolute Gasteiger partial charge is 0.0939 e. The van der Waals surface area contributed by atoms with Crippen LogP contribution in [0.25, 0.3) is 77.5 Å². The molecule has 0 saturated heterocycles. The third kappa shape index (κ3) is 5.32. The minimum atomic E-state index is -0.662. The van der Waals surface area contributed by atoms with Crippen LogP contribution >= 0.6 is 11.8 Å². The van der Waals surface area contributed by atoms with Gasteiger partial charge in [0.1, 0.15) is 0 Å². The van der Waals surface area contributed by atoms with E-state index in [1.165, 1.54) is 87.1 Å². The van der Waals surface area contributed by atoms with E-state index in [1.54, 1.807) is 0 Å². The molecule has 16 rings (SSSR count). The van der Waals surface area contributed by atoms with Crippen LogP contribution in [0.15, 0.2) is 247 Å². The molecule has 12 aromatic rings. The van der Waals surface area contributed by atoms with Crippen LogP contribution < -0.4 is 4.90 Å². The van der Waals surface area contributed by atoms with Gasteiger partial charge >= 0.3 is 0 Å². The summed E-state index contributed by atoms with van der Waals surface area (Å²) in [5, 5.41) is 4.99. The van der Waals surface area contributed by atoms with Crippen LogP contribution in [0.1, 0.15) is 33.7 Å². The molecule has 6 heteroatoms. The van der Waals surface area contributed by atoms with Crippen molar-refractivity contribution >= 4 is 66.7 Å². The van der Waals surface area contributed by atoms with E-state index in [0.29, 0.717) is 0 Å². The summed E-state index contributed by atoms with van der Waals surface area (Å²) in [5.74, 6) is 0.197. The summed E-state index contributed by atoms with van der Waals surface area (Å²) in [7, 11) is 0. The van der Waals surface area contributed by atoms with Gasteiger partial charge in [-0.2, -0.15) is 0 Å². The summed E-state index contributed by atoms with van der Waals surface area (Å²) in [6, 6.07) is 74.3. The number of aromatic nitrogens is 4. The molecule has 332 valence electrons. The number of hydrogen-bond donors (Lipinski definition) is 0. The van der Waals surface area contributed by atoms with Gasteiger partial charge in [0.2, 0.25) is 0 Å². The van der Waals surface area contributed by atoms with Crippen LogP contribution in [0, 0.1) is 0 Å². The van der Waals surface area contributed by atoms with Crippen LogP contribution in [-0.2, 0) is 5.41 Å². The summed E-state index contributed by atoms with van der Waals surface area (Å²) in [6.07, 6.45) is 13.2. The van der Waals surface area contributed by atoms with E-state index >= 15 is 0 Å². The second-order valence-corrected chi connectivity index (χ2v) is 20.3. The lowest BCUT2D eigenvalue weighted by Gasteiger charge is -2.39. The fourth-order valence-corrected chi connectivity index (χ4v) is 14.1. The van der Waals surface area contributed by atoms with Crippen molar-refractivity contribution < 1.29 is 0 Å². The predicted octanol–water partition coefficient (Wildman–Crippen LogP) is 15.9. The van der Waals surface area contributed by atoms with Gasteiger partial charge in [-0.05, 0) is 118 Å². The van der Waals surface area contributed by atoms with E-state index in [1.807, 2.05) is 24.2 Å². The van der Waals surface area contributed by atoms with E-state index in [9.17, 15) is 0 Å². The van der Waals surface area contributed by atoms with Crippen molar-refractivity contribution in [2.75, 3.05) is 4.90 Å². The standard InChI is InChI=1S/C65H41N5S/c1-7-24-55-45(17-1)46-18-2-8-25-56(46)68(55)42-15-13-16-43(37-42)69-59-28-11-5-21-49(59)50-35-40(30-32-60(50)69)41-31-33-62-53(36-41)65(51-22-6-12-29-61(51)71-62)52-23-14-34-66-63(52)64-54(65)38-44(39-67-64)70-57-26-9-3-19-47(57)48-20-4-10-27-58(48)70/h1-39,49,59H. The van der Waals surface area contributed by atoms with Crippen LogP contribution in [-0.4, -0.2) is 25.1 Å². The molecule has 0 bridgehead atoms. The van der Waals surface area contributed by atoms with Crippen LogP contribution in [0.4, 0.5) is 11.4 Å². The summed E-state index contributed by atoms with van der Waals surface area (Å²) < 4.78 is 4.81. The van der Waals surface area contributed by atoms with Gasteiger partial charge in [0.25, 0.3) is 0 Å². The SMILES string of the molecule is C1=CC2c3cc(-c4ccc5c(c4)C4(c6ccccc6S5)c5cccnc5-c5ncc(-n6c7ccccc7c7ccccc76)cc54)ccc3N(c3cccc(-n4c5ccccc5c5ccccc54)c3)C2C=C1. The van der Waals surface area contributed by atoms with Crippen molar-refractivity contribution in [2.45, 2.75) is 27.2 Å². The minimum absolute atomic E-state index is 0.147. The maximum Gasteiger partial charge on any atom is 0.0939 e. The van der Waals surface area contributed by atoms with Crippen molar-refractivity contribution in [3.8, 4) is 33.9 Å². The monoisotopic (exact) mass is 923 g/mol. The molecule has 8 aromatic carbocycles. The molecule has 0 radical (unpaired) electrons. The molecule has 71 heavy (non-hydrogen) atoms. The van der Waals surface area contributed by atoms with E-state index in [2.05, 4.69) is 239 Å². The Kier molecular flexibility index (Phi) is 8.09. The van der Waals surface area contributed by atoms with Crippen LogP contribution in [0.2, 0.25) is 0 Å². The average Bonchev–Trinajstić information content (AvgIpc) is 4.15. The van der Waals surface area contributed by atoms with Crippen molar-refractivity contribution in [1.29, 1.82) is 0 Å². The Morgan fingerprint density at radius 1 is 0.423 bits per heavy atom. The normalized spacial score (nSPS) is 18.0. The highest BCUT2D eigenvalue weighted by atomic mass is 32.2. The number of para-hydroxylation sites is 4. The summed E-state index contributed by atoms with van der Waals surface area (Å²) in [4.78, 5) is 15.6. The van der Waals surface area contributed by atoms with Crippen LogP contribution in [0.5, 0.6) is 0 Å². The summed E-state index contributed by atoms with van der Waals surface area (Å²) in [6.45, 7) is 0. The van der Waals surface area contributed by atoms with E-state index in [4.69, 9.17) is 9.97 Å². The second-order valence-electron chi connectivity index (χ2n) is 19.2. The molecule has 0 saturated carbocycles. The first-order chi connectivity index (χ1) is 35.2. The Hall–Kier alpha value is -8.71. The lowest BCUT2D eigenvalue weighted by molar-refractivity contribution is 0.719. The van der Waals surface area contributed by atoms with E-state index < -0.39 is 5.41 Å². The molecule has 4 aliphatic rings. The van der Waals surface area contributed by atoms with Gasteiger partial charge in [0.15, 0.2) is 0 Å². The first-order valence-corrected chi connectivity index (χ1v) is 25.3. The molecule has 0 N–H and O–H groups in total. The molecule has 2 aliphatic heterocycles. The van der Waals surface area contributed by atoms with Crippen LogP contribution in [0.3, 0.4) is 0 Å². The molecule has 1 spiro atoms. The quantitative estimate of drug-likeness (QED) is 0.176. The highest BCUT2D eigenvalue weighted by Gasteiger charge is 2.52. The summed E-state index contributed by atoms with van der Waals surface area (Å²) in [5.41, 5.74) is 19.2. The number of allylic oxidation sites excluding steroid dienone is 2. The van der Waals surface area contributed by atoms with E-state index in [-0.39, 0.29) is 12.0 Å². The maximum absolute atomic E-state index is 5.39. The third-order valence-electron chi connectivity index (χ3n) is 15.8. The predicted molar refractivity (Wildman–Crippen MR) is 291 cm³/mol. The Morgan fingerprint density at radius 2 is 1.01 bits per heavy atom. The van der Waals surface area contributed by atoms with Gasteiger partial charge in [-0.3, -0.25) is 9.97 Å². The zero-order valence-electron chi connectivity index (χ0n) is 38.3. The molecule has 6 heterocycles. The molecule has 4 aromatic heterocycles. The van der Waals surface area contributed by atoms with Gasteiger partial charge in [0, 0.05) is 66.1 Å². The summed E-state index contributed by atoms with van der Waals surface area (Å²) >= 11 is 1.86. The Balaban J connectivity index is 0.865. The largest absolute Gasteiger partial charge is 0.333 e. The number of fused-ring (bicyclic) bond motifs is 18. The topological polar surface area (TPSA) is 38.9 Å². The van der Waals surface area contributed by atoms with Gasteiger partial charge < -0.3 is 14.0 Å². The number of pyridine rings is 2. The second kappa shape index (κ2) is 14.7. The molecular weight excluding hydrogens is 883 g/mol. The molecule has 0 fully saturated rings. The number of nitrogens with zero attached hydrogens (tertiary/aromatic N) is 5. The molecule has 2 aliphatic carbocycles. The molecule has 5 nitrogen and oxygen atoms in total. The van der Waals surface area contributed by atoms with E-state index in [0.717, 1.165) is 39.4 Å². The third-order valence-corrected chi connectivity index (χ3v) is 16.9. The van der Waals surface area contributed by atoms with Gasteiger partial charge in [-0.15, -0.1) is 0 Å². The van der Waals surface area contributed by atoms with Gasteiger partial charge in [-0.1, -0.05) is 151 Å². The van der Waals surface area contributed by atoms with Gasteiger partial charge in [0.05, 0.1) is 56.8 Å². The Morgan fingerprint density at radius 3 is 1.76 bits per heavy atom. The lowest BCUT2D eigenvalue weighted by Crippen LogP contribution is -2.32. The minimum Gasteiger partial charge on any atom is -0.333 e. The number of anilines is 2. The lowest BCUT2D eigenvalue weighted by atomic mass is 9.67. The first kappa shape index (κ1) is 39.2. The highest BCUT2D eigenvalue weighted by molar-refractivity contribution is 7.99. The fraction of sp³-hybridized carbons (Fsp3) is 0.0462. The van der Waals surface area contributed by atoms with Crippen molar-refractivity contribution in [1.82, 2.24) is 19.1 Å². The van der Waals surface area contributed by atoms with Crippen molar-refractivity contribution in [2.24, 2.45) is 0 Å².